The van der Waals surface area contributed by atoms with Crippen LogP contribution < -0.4 is 19.8 Å². The molecule has 3 rings (SSSR count). The molecule has 0 aliphatic carbocycles. The van der Waals surface area contributed by atoms with E-state index in [2.05, 4.69) is 14.4 Å². The fourth-order valence-electron chi connectivity index (χ4n) is 3.45. The quantitative estimate of drug-likeness (QED) is 0.313. The number of nitrogens with zero attached hydrogens (tertiary/aromatic N) is 1. The molecule has 172 valence electrons. The highest BCUT2D eigenvalue weighted by molar-refractivity contribution is 7.89. The van der Waals surface area contributed by atoms with Crippen LogP contribution in [0, 0.1) is 0 Å². The van der Waals surface area contributed by atoms with Crippen LogP contribution in [0.1, 0.15) is 18.4 Å². The van der Waals surface area contributed by atoms with Crippen molar-refractivity contribution in [2.75, 3.05) is 18.0 Å². The monoisotopic (exact) mass is 467 g/mol. The Labute approximate surface area is 184 Å². The summed E-state index contributed by atoms with van der Waals surface area (Å²) in [6.45, 7) is -1.80. The maximum absolute atomic E-state index is 12.6. The number of alkyl halides is 2. The molecule has 2 aromatic carbocycles. The van der Waals surface area contributed by atoms with Gasteiger partial charge in [0.25, 0.3) is 5.91 Å². The summed E-state index contributed by atoms with van der Waals surface area (Å²) in [7, 11) is -3.81. The number of hydrogen-bond donors (Lipinski definition) is 3. The van der Waals surface area contributed by atoms with E-state index < -0.39 is 22.5 Å². The van der Waals surface area contributed by atoms with Crippen molar-refractivity contribution in [1.29, 1.82) is 0 Å². The number of sulfonamides is 1. The molecule has 8 nitrogen and oxygen atoms in total. The van der Waals surface area contributed by atoms with Crippen LogP contribution in [0.15, 0.2) is 59.5 Å². The van der Waals surface area contributed by atoms with Gasteiger partial charge < -0.3 is 9.64 Å². The average Bonchev–Trinajstić information content (AvgIpc) is 2.78. The predicted octanol–water partition coefficient (Wildman–Crippen LogP) is 2.75. The minimum absolute atomic E-state index is 0.0285. The number of hydroxylamine groups is 1. The van der Waals surface area contributed by atoms with E-state index in [1.54, 1.807) is 11.6 Å². The number of anilines is 1. The lowest BCUT2D eigenvalue weighted by molar-refractivity contribution is -0.124. The molecule has 1 fully saturated rings. The summed E-state index contributed by atoms with van der Waals surface area (Å²) >= 11 is 0. The molecule has 0 atom stereocenters. The largest absolute Gasteiger partial charge is 0.435 e. The Morgan fingerprint density at radius 2 is 1.78 bits per heavy atom. The summed E-state index contributed by atoms with van der Waals surface area (Å²) in [5.74, 6) is -0.752. The molecule has 1 saturated heterocycles. The highest BCUT2D eigenvalue weighted by atomic mass is 32.2. The number of ether oxygens (including phenoxy) is 1. The first-order valence-electron chi connectivity index (χ1n) is 9.82. The number of para-hydroxylation sites is 1. The Bertz CT molecular complexity index is 1050. The van der Waals surface area contributed by atoms with Gasteiger partial charge >= 0.3 is 6.61 Å². The third kappa shape index (κ3) is 6.25. The summed E-state index contributed by atoms with van der Waals surface area (Å²) in [4.78, 5) is 13.3. The standard InChI is InChI=1S/C21H23F2N3O5S/c22-21(23)31-17-6-8-18(9-7-17)32(29,30)25-16-11-13-26(14-12-16)19-4-2-1-3-15(19)5-10-20(27)24-28/h1-10,16,21,25,28H,11-14H2,(H,24,27). The molecule has 2 aromatic rings. The van der Waals surface area contributed by atoms with Gasteiger partial charge in [-0.3, -0.25) is 10.0 Å². The van der Waals surface area contributed by atoms with Crippen LogP contribution >= 0.6 is 0 Å². The lowest BCUT2D eigenvalue weighted by Gasteiger charge is -2.34. The van der Waals surface area contributed by atoms with Crippen molar-refractivity contribution in [2.24, 2.45) is 0 Å². The maximum atomic E-state index is 12.6. The number of hydrogen-bond acceptors (Lipinski definition) is 6. The molecule has 1 amide bonds. The first-order chi connectivity index (χ1) is 15.3. The molecule has 1 heterocycles. The molecule has 3 N–H and O–H groups in total. The van der Waals surface area contributed by atoms with Crippen LogP contribution in [0.5, 0.6) is 5.75 Å². The van der Waals surface area contributed by atoms with Crippen molar-refractivity contribution in [3.8, 4) is 5.75 Å². The van der Waals surface area contributed by atoms with Crippen molar-refractivity contribution in [2.45, 2.75) is 30.4 Å². The first-order valence-corrected chi connectivity index (χ1v) is 11.3. The number of carbonyl (C=O) groups is 1. The third-order valence-corrected chi connectivity index (χ3v) is 6.51. The highest BCUT2D eigenvalue weighted by Crippen LogP contribution is 2.26. The molecule has 1 aliphatic heterocycles. The Morgan fingerprint density at radius 1 is 1.12 bits per heavy atom. The molecule has 0 spiro atoms. The van der Waals surface area contributed by atoms with Crippen LogP contribution in [-0.2, 0) is 14.8 Å². The Kier molecular flexibility index (Phi) is 7.78. The number of carbonyl (C=O) groups excluding carboxylic acids is 1. The normalized spacial score (nSPS) is 15.3. The number of amides is 1. The minimum Gasteiger partial charge on any atom is -0.435 e. The van der Waals surface area contributed by atoms with Crippen molar-refractivity contribution < 1.29 is 31.9 Å². The molecule has 11 heteroatoms. The van der Waals surface area contributed by atoms with Crippen molar-refractivity contribution in [3.05, 3.63) is 60.2 Å². The second-order valence-electron chi connectivity index (χ2n) is 7.10. The number of nitrogens with one attached hydrogen (secondary N) is 2. The number of rotatable bonds is 8. The smallest absolute Gasteiger partial charge is 0.387 e. The SMILES string of the molecule is O=C(C=Cc1ccccc1N1CCC(NS(=O)(=O)c2ccc(OC(F)F)cc2)CC1)NO. The summed E-state index contributed by atoms with van der Waals surface area (Å²) < 4.78 is 56.7. The second-order valence-corrected chi connectivity index (χ2v) is 8.81. The van der Waals surface area contributed by atoms with Gasteiger partial charge in [-0.2, -0.15) is 8.78 Å². The molecule has 0 bridgehead atoms. The Hall–Kier alpha value is -3.02. The van der Waals surface area contributed by atoms with Crippen molar-refractivity contribution in [3.63, 3.8) is 0 Å². The fourth-order valence-corrected chi connectivity index (χ4v) is 4.75. The number of halogens is 2. The summed E-state index contributed by atoms with van der Waals surface area (Å²) in [5, 5.41) is 8.63. The van der Waals surface area contributed by atoms with E-state index in [1.807, 2.05) is 24.3 Å². The zero-order valence-corrected chi connectivity index (χ0v) is 17.8. The maximum Gasteiger partial charge on any atom is 0.387 e. The van der Waals surface area contributed by atoms with E-state index in [0.29, 0.717) is 25.9 Å². The van der Waals surface area contributed by atoms with E-state index in [-0.39, 0.29) is 16.7 Å². The lowest BCUT2D eigenvalue weighted by Crippen LogP contribution is -2.44. The van der Waals surface area contributed by atoms with Gasteiger partial charge in [0.2, 0.25) is 10.0 Å². The molecule has 0 unspecified atom stereocenters. The van der Waals surface area contributed by atoms with Gasteiger partial charge in [-0.15, -0.1) is 0 Å². The van der Waals surface area contributed by atoms with E-state index in [0.717, 1.165) is 11.3 Å². The van der Waals surface area contributed by atoms with E-state index >= 15 is 0 Å². The predicted molar refractivity (Wildman–Crippen MR) is 114 cm³/mol. The molecule has 0 saturated carbocycles. The van der Waals surface area contributed by atoms with Crippen LogP contribution in [0.25, 0.3) is 6.08 Å². The summed E-state index contributed by atoms with van der Waals surface area (Å²) in [6, 6.07) is 12.0. The topological polar surface area (TPSA) is 108 Å². The van der Waals surface area contributed by atoms with Crippen LogP contribution in [0.2, 0.25) is 0 Å². The zero-order valence-electron chi connectivity index (χ0n) is 16.9. The number of piperidine rings is 1. The van der Waals surface area contributed by atoms with Gasteiger partial charge in [0.15, 0.2) is 0 Å². The minimum atomic E-state index is -3.81. The van der Waals surface area contributed by atoms with E-state index in [4.69, 9.17) is 5.21 Å². The Morgan fingerprint density at radius 3 is 2.41 bits per heavy atom. The van der Waals surface area contributed by atoms with Gasteiger partial charge in [0.05, 0.1) is 4.90 Å². The van der Waals surface area contributed by atoms with Crippen LogP contribution in [0.3, 0.4) is 0 Å². The molecule has 1 aliphatic rings. The number of benzene rings is 2. The van der Waals surface area contributed by atoms with Crippen molar-refractivity contribution in [1.82, 2.24) is 10.2 Å². The zero-order chi connectivity index (χ0) is 23.1. The van der Waals surface area contributed by atoms with Crippen LogP contribution in [0.4, 0.5) is 14.5 Å². The fraction of sp³-hybridized carbons (Fsp3) is 0.286. The molecule has 32 heavy (non-hydrogen) atoms. The van der Waals surface area contributed by atoms with E-state index in [1.165, 1.54) is 30.3 Å². The third-order valence-electron chi connectivity index (χ3n) is 4.98. The van der Waals surface area contributed by atoms with Gasteiger partial charge in [-0.1, -0.05) is 18.2 Å². The van der Waals surface area contributed by atoms with Crippen molar-refractivity contribution >= 4 is 27.7 Å². The molecular weight excluding hydrogens is 444 g/mol. The average molecular weight is 467 g/mol. The van der Waals surface area contributed by atoms with Gasteiger partial charge in [0.1, 0.15) is 5.75 Å². The van der Waals surface area contributed by atoms with Gasteiger partial charge in [-0.05, 0) is 54.8 Å². The first kappa shape index (κ1) is 23.6. The lowest BCUT2D eigenvalue weighted by atomic mass is 10.0. The second kappa shape index (κ2) is 10.5. The molecule has 0 aromatic heterocycles. The highest BCUT2D eigenvalue weighted by Gasteiger charge is 2.25. The van der Waals surface area contributed by atoms with E-state index in [9.17, 15) is 22.0 Å². The summed E-state index contributed by atoms with van der Waals surface area (Å²) in [6.07, 6.45) is 3.93. The molecular formula is C21H23F2N3O5S. The molecule has 0 radical (unpaired) electrons. The van der Waals surface area contributed by atoms with Gasteiger partial charge in [-0.25, -0.2) is 18.6 Å². The summed E-state index contributed by atoms with van der Waals surface area (Å²) in [5.41, 5.74) is 3.23. The van der Waals surface area contributed by atoms with Gasteiger partial charge in [0, 0.05) is 30.9 Å². The van der Waals surface area contributed by atoms with Crippen LogP contribution in [-0.4, -0.2) is 45.3 Å². The Balaban J connectivity index is 1.62.